The van der Waals surface area contributed by atoms with Gasteiger partial charge in [0.25, 0.3) is 5.91 Å². The number of aromatic nitrogens is 1. The number of hydrogen-bond acceptors (Lipinski definition) is 4. The molecule has 0 aliphatic carbocycles. The van der Waals surface area contributed by atoms with Crippen molar-refractivity contribution < 1.29 is 13.6 Å². The number of fused-ring (bicyclic) bond motifs is 1. The molecule has 0 aliphatic heterocycles. The van der Waals surface area contributed by atoms with Gasteiger partial charge in [0.2, 0.25) is 0 Å². The zero-order chi connectivity index (χ0) is 20.4. The number of amides is 1. The van der Waals surface area contributed by atoms with E-state index in [0.717, 1.165) is 41.5 Å². The summed E-state index contributed by atoms with van der Waals surface area (Å²) < 4.78 is 28.1. The van der Waals surface area contributed by atoms with Crippen LogP contribution in [0.25, 0.3) is 10.2 Å². The van der Waals surface area contributed by atoms with Gasteiger partial charge in [-0.15, -0.1) is 0 Å². The zero-order valence-corrected chi connectivity index (χ0v) is 17.2. The Hall–Kier alpha value is -2.38. The van der Waals surface area contributed by atoms with E-state index < -0.39 is 11.6 Å². The molecule has 1 heterocycles. The Morgan fingerprint density at radius 1 is 1.11 bits per heavy atom. The molecule has 1 amide bonds. The van der Waals surface area contributed by atoms with Crippen molar-refractivity contribution in [2.75, 3.05) is 32.1 Å². The van der Waals surface area contributed by atoms with Crippen LogP contribution in [0.3, 0.4) is 0 Å². The maximum absolute atomic E-state index is 14.1. The fraction of sp³-hybridized carbons (Fsp3) is 0.333. The van der Waals surface area contributed by atoms with Gasteiger partial charge in [0.1, 0.15) is 11.3 Å². The number of benzene rings is 2. The maximum atomic E-state index is 14.1. The van der Waals surface area contributed by atoms with Crippen LogP contribution in [0, 0.1) is 25.5 Å². The lowest BCUT2D eigenvalue weighted by molar-refractivity contribution is 0.0985. The van der Waals surface area contributed by atoms with Crippen molar-refractivity contribution in [1.82, 2.24) is 9.88 Å². The summed E-state index contributed by atoms with van der Waals surface area (Å²) in [5.41, 5.74) is 2.63. The van der Waals surface area contributed by atoms with Gasteiger partial charge >= 0.3 is 0 Å². The van der Waals surface area contributed by atoms with E-state index in [0.29, 0.717) is 21.9 Å². The van der Waals surface area contributed by atoms with E-state index in [1.807, 2.05) is 45.0 Å². The van der Waals surface area contributed by atoms with E-state index in [4.69, 9.17) is 0 Å². The molecular weight excluding hydrogens is 380 g/mol. The topological polar surface area (TPSA) is 36.4 Å². The standard InChI is InChI=1S/C21H23F2N3OS/c1-13-6-7-16(14(2)10-13)20(27)26(9-5-8-25(3)4)21-24-19-17(23)11-15(22)12-18(19)28-21/h6-7,10-12H,5,8-9H2,1-4H3. The molecule has 7 heteroatoms. The van der Waals surface area contributed by atoms with Crippen molar-refractivity contribution in [3.05, 3.63) is 58.7 Å². The number of carbonyl (C=O) groups excluding carboxylic acids is 1. The molecule has 148 valence electrons. The normalized spacial score (nSPS) is 11.4. The van der Waals surface area contributed by atoms with Crippen LogP contribution >= 0.6 is 11.3 Å². The monoisotopic (exact) mass is 403 g/mol. The van der Waals surface area contributed by atoms with E-state index in [1.165, 1.54) is 6.07 Å². The number of hydrogen-bond donors (Lipinski definition) is 0. The minimum atomic E-state index is -0.718. The first-order chi connectivity index (χ1) is 13.3. The molecule has 0 unspecified atom stereocenters. The predicted octanol–water partition coefficient (Wildman–Crippen LogP) is 4.79. The lowest BCUT2D eigenvalue weighted by Gasteiger charge is -2.22. The first-order valence-electron chi connectivity index (χ1n) is 9.05. The van der Waals surface area contributed by atoms with Crippen molar-refractivity contribution >= 4 is 32.6 Å². The third-order valence-corrected chi connectivity index (χ3v) is 5.50. The average molecular weight is 403 g/mol. The van der Waals surface area contributed by atoms with Crippen molar-refractivity contribution in [1.29, 1.82) is 0 Å². The van der Waals surface area contributed by atoms with Gasteiger partial charge in [-0.3, -0.25) is 9.69 Å². The minimum Gasteiger partial charge on any atom is -0.309 e. The Bertz CT molecular complexity index is 1020. The number of rotatable bonds is 6. The Balaban J connectivity index is 2.01. The summed E-state index contributed by atoms with van der Waals surface area (Å²) in [6.07, 6.45) is 0.733. The highest BCUT2D eigenvalue weighted by molar-refractivity contribution is 7.22. The van der Waals surface area contributed by atoms with E-state index >= 15 is 0 Å². The molecule has 2 aromatic carbocycles. The van der Waals surface area contributed by atoms with Gasteiger partial charge in [-0.05, 0) is 58.6 Å². The van der Waals surface area contributed by atoms with E-state index in [9.17, 15) is 13.6 Å². The van der Waals surface area contributed by atoms with Crippen molar-refractivity contribution in [2.45, 2.75) is 20.3 Å². The molecule has 0 bridgehead atoms. The fourth-order valence-corrected chi connectivity index (χ4v) is 4.12. The molecule has 0 radical (unpaired) electrons. The third kappa shape index (κ3) is 4.36. The molecule has 28 heavy (non-hydrogen) atoms. The van der Waals surface area contributed by atoms with E-state index in [1.54, 1.807) is 11.0 Å². The molecule has 0 aliphatic rings. The van der Waals surface area contributed by atoms with Crippen LogP contribution in [0.5, 0.6) is 0 Å². The highest BCUT2D eigenvalue weighted by Crippen LogP contribution is 2.32. The number of carbonyl (C=O) groups is 1. The Labute approximate surface area is 167 Å². The summed E-state index contributed by atoms with van der Waals surface area (Å²) in [7, 11) is 3.93. The van der Waals surface area contributed by atoms with Gasteiger partial charge in [0, 0.05) is 18.2 Å². The van der Waals surface area contributed by atoms with Crippen LogP contribution in [-0.4, -0.2) is 43.0 Å². The number of aryl methyl sites for hydroxylation is 2. The number of thiazole rings is 1. The second-order valence-electron chi connectivity index (χ2n) is 7.16. The van der Waals surface area contributed by atoms with Gasteiger partial charge in [-0.2, -0.15) is 0 Å². The van der Waals surface area contributed by atoms with Gasteiger partial charge in [-0.25, -0.2) is 13.8 Å². The van der Waals surface area contributed by atoms with Gasteiger partial charge in [0.15, 0.2) is 10.9 Å². The molecule has 4 nitrogen and oxygen atoms in total. The van der Waals surface area contributed by atoms with Crippen molar-refractivity contribution in [2.24, 2.45) is 0 Å². The summed E-state index contributed by atoms with van der Waals surface area (Å²) in [6, 6.07) is 7.72. The maximum Gasteiger partial charge on any atom is 0.260 e. The van der Waals surface area contributed by atoms with E-state index in [2.05, 4.69) is 4.98 Å². The van der Waals surface area contributed by atoms with Crippen LogP contribution in [0.4, 0.5) is 13.9 Å². The molecule has 0 saturated heterocycles. The van der Waals surface area contributed by atoms with Crippen LogP contribution in [0.2, 0.25) is 0 Å². The summed E-state index contributed by atoms with van der Waals surface area (Å²) in [5, 5.41) is 0.378. The van der Waals surface area contributed by atoms with Gasteiger partial charge < -0.3 is 4.90 Å². The summed E-state index contributed by atoms with van der Waals surface area (Å²) in [4.78, 5) is 21.2. The molecule has 0 atom stereocenters. The molecule has 1 aromatic heterocycles. The summed E-state index contributed by atoms with van der Waals surface area (Å²) in [6.45, 7) is 5.10. The molecule has 3 aromatic rings. The Morgan fingerprint density at radius 2 is 1.86 bits per heavy atom. The second-order valence-corrected chi connectivity index (χ2v) is 8.17. The number of nitrogens with zero attached hydrogens (tertiary/aromatic N) is 3. The molecule has 0 spiro atoms. The third-order valence-electron chi connectivity index (χ3n) is 4.48. The van der Waals surface area contributed by atoms with E-state index in [-0.39, 0.29) is 11.4 Å². The molecular formula is C21H23F2N3OS. The fourth-order valence-electron chi connectivity index (χ4n) is 3.09. The van der Waals surface area contributed by atoms with Crippen LogP contribution < -0.4 is 4.90 Å². The predicted molar refractivity (Wildman–Crippen MR) is 110 cm³/mol. The van der Waals surface area contributed by atoms with Gasteiger partial charge in [-0.1, -0.05) is 29.0 Å². The van der Waals surface area contributed by atoms with Gasteiger partial charge in [0.05, 0.1) is 4.70 Å². The Morgan fingerprint density at radius 3 is 2.54 bits per heavy atom. The lowest BCUT2D eigenvalue weighted by Crippen LogP contribution is -2.33. The molecule has 0 fully saturated rings. The SMILES string of the molecule is Cc1ccc(C(=O)N(CCCN(C)C)c2nc3c(F)cc(F)cc3s2)c(C)c1. The number of halogens is 2. The average Bonchev–Trinajstić information content (AvgIpc) is 3.02. The van der Waals surface area contributed by atoms with Crippen LogP contribution in [-0.2, 0) is 0 Å². The van der Waals surface area contributed by atoms with Crippen molar-refractivity contribution in [3.8, 4) is 0 Å². The summed E-state index contributed by atoms with van der Waals surface area (Å²) >= 11 is 1.12. The first-order valence-corrected chi connectivity index (χ1v) is 9.87. The summed E-state index contributed by atoms with van der Waals surface area (Å²) in [5.74, 6) is -1.55. The van der Waals surface area contributed by atoms with Crippen LogP contribution in [0.1, 0.15) is 27.9 Å². The molecule has 3 rings (SSSR count). The van der Waals surface area contributed by atoms with Crippen LogP contribution in [0.15, 0.2) is 30.3 Å². The smallest absolute Gasteiger partial charge is 0.260 e. The van der Waals surface area contributed by atoms with Crippen molar-refractivity contribution in [3.63, 3.8) is 0 Å². The highest BCUT2D eigenvalue weighted by atomic mass is 32.1. The Kier molecular flexibility index (Phi) is 6.05. The number of anilines is 1. The molecule has 0 saturated carbocycles. The molecule has 0 N–H and O–H groups in total. The quantitative estimate of drug-likeness (QED) is 0.594. The largest absolute Gasteiger partial charge is 0.309 e. The highest BCUT2D eigenvalue weighted by Gasteiger charge is 2.23. The first kappa shape index (κ1) is 20.4. The second kappa shape index (κ2) is 8.32. The zero-order valence-electron chi connectivity index (χ0n) is 16.4. The lowest BCUT2D eigenvalue weighted by atomic mass is 10.0. The minimum absolute atomic E-state index is 0.0902.